The molecule has 1 amide bonds. The van der Waals surface area contributed by atoms with Crippen LogP contribution in [0.3, 0.4) is 0 Å². The van der Waals surface area contributed by atoms with Crippen molar-refractivity contribution >= 4 is 23.0 Å². The number of nitrogens with zero attached hydrogens (tertiary/aromatic N) is 3. The third-order valence-corrected chi connectivity index (χ3v) is 4.84. The maximum Gasteiger partial charge on any atom is 0.246 e. The average molecular weight is 343 g/mol. The first-order valence-corrected chi connectivity index (χ1v) is 9.04. The van der Waals surface area contributed by atoms with Crippen LogP contribution in [0.25, 0.3) is 17.1 Å². The molecule has 1 fully saturated rings. The molecule has 0 radical (unpaired) electrons. The highest BCUT2D eigenvalue weighted by Crippen LogP contribution is 2.22. The van der Waals surface area contributed by atoms with Gasteiger partial charge in [0.2, 0.25) is 5.91 Å². The van der Waals surface area contributed by atoms with Gasteiger partial charge in [0.25, 0.3) is 0 Å². The van der Waals surface area contributed by atoms with Crippen molar-refractivity contribution < 1.29 is 4.79 Å². The topological polar surface area (TPSA) is 46.1 Å². The molecule has 26 heavy (non-hydrogen) atoms. The number of carbonyl (C=O) groups excluding carboxylic acids is 1. The number of aromatic nitrogens is 2. The Labute approximate surface area is 153 Å². The second-order valence-corrected chi connectivity index (χ2v) is 6.63. The first-order chi connectivity index (χ1) is 12.8. The zero-order chi connectivity index (χ0) is 17.8. The van der Waals surface area contributed by atoms with Crippen LogP contribution >= 0.6 is 0 Å². The van der Waals surface area contributed by atoms with E-state index in [-0.39, 0.29) is 11.9 Å². The lowest BCUT2D eigenvalue weighted by Gasteiger charge is -2.23. The van der Waals surface area contributed by atoms with Crippen LogP contribution in [0.5, 0.6) is 0 Å². The van der Waals surface area contributed by atoms with Crippen molar-refractivity contribution in [3.63, 3.8) is 0 Å². The standard InChI is InChI=1S/C22H21N3O/c26-22(13-12-18-16-23-20-10-4-5-11-21(20)24-18)25-14-6-9-19(25)15-17-7-2-1-3-8-17/h1-5,7-8,10-13,16,19H,6,9,14-15H2/b13-12+. The molecular weight excluding hydrogens is 322 g/mol. The normalized spacial score (nSPS) is 17.2. The molecule has 1 aromatic heterocycles. The third kappa shape index (κ3) is 3.64. The molecule has 1 aliphatic rings. The number of hydrogen-bond acceptors (Lipinski definition) is 3. The summed E-state index contributed by atoms with van der Waals surface area (Å²) in [6, 6.07) is 18.4. The number of likely N-dealkylation sites (tertiary alicyclic amines) is 1. The van der Waals surface area contributed by atoms with Gasteiger partial charge in [-0.05, 0) is 43.0 Å². The Balaban J connectivity index is 1.46. The van der Waals surface area contributed by atoms with Crippen LogP contribution < -0.4 is 0 Å². The molecular formula is C22H21N3O. The van der Waals surface area contributed by atoms with Crippen molar-refractivity contribution in [1.82, 2.24) is 14.9 Å². The molecule has 1 aliphatic heterocycles. The molecule has 2 aromatic carbocycles. The highest BCUT2D eigenvalue weighted by Gasteiger charge is 2.27. The average Bonchev–Trinajstić information content (AvgIpc) is 3.15. The smallest absolute Gasteiger partial charge is 0.246 e. The number of rotatable bonds is 4. The quantitative estimate of drug-likeness (QED) is 0.676. The summed E-state index contributed by atoms with van der Waals surface area (Å²) in [7, 11) is 0. The monoisotopic (exact) mass is 343 g/mol. The summed E-state index contributed by atoms with van der Waals surface area (Å²) in [5.41, 5.74) is 3.68. The molecule has 130 valence electrons. The fourth-order valence-electron chi connectivity index (χ4n) is 3.53. The first-order valence-electron chi connectivity index (χ1n) is 9.04. The van der Waals surface area contributed by atoms with Gasteiger partial charge >= 0.3 is 0 Å². The molecule has 4 heteroatoms. The molecule has 0 spiro atoms. The van der Waals surface area contributed by atoms with Crippen LogP contribution in [0.4, 0.5) is 0 Å². The molecule has 0 N–H and O–H groups in total. The first kappa shape index (κ1) is 16.5. The van der Waals surface area contributed by atoms with Gasteiger partial charge < -0.3 is 4.90 Å². The van der Waals surface area contributed by atoms with E-state index >= 15 is 0 Å². The summed E-state index contributed by atoms with van der Waals surface area (Å²) in [6.45, 7) is 0.823. The Morgan fingerprint density at radius 2 is 1.85 bits per heavy atom. The molecule has 0 aliphatic carbocycles. The number of fused-ring (bicyclic) bond motifs is 1. The van der Waals surface area contributed by atoms with Crippen LogP contribution in [0.2, 0.25) is 0 Å². The van der Waals surface area contributed by atoms with Crippen molar-refractivity contribution in [1.29, 1.82) is 0 Å². The van der Waals surface area contributed by atoms with Crippen LogP contribution in [0.15, 0.2) is 66.9 Å². The van der Waals surface area contributed by atoms with Crippen LogP contribution in [-0.2, 0) is 11.2 Å². The minimum atomic E-state index is 0.0541. The zero-order valence-corrected chi connectivity index (χ0v) is 14.6. The third-order valence-electron chi connectivity index (χ3n) is 4.84. The van der Waals surface area contributed by atoms with Gasteiger partial charge in [-0.3, -0.25) is 9.78 Å². The molecule has 0 saturated carbocycles. The van der Waals surface area contributed by atoms with E-state index in [4.69, 9.17) is 0 Å². The van der Waals surface area contributed by atoms with E-state index in [1.165, 1.54) is 5.56 Å². The fourth-order valence-corrected chi connectivity index (χ4v) is 3.53. The highest BCUT2D eigenvalue weighted by atomic mass is 16.2. The van der Waals surface area contributed by atoms with Gasteiger partial charge in [-0.1, -0.05) is 42.5 Å². The lowest BCUT2D eigenvalue weighted by Crippen LogP contribution is -2.35. The molecule has 4 nitrogen and oxygen atoms in total. The van der Waals surface area contributed by atoms with Gasteiger partial charge in [0, 0.05) is 18.7 Å². The number of para-hydroxylation sites is 2. The molecule has 0 bridgehead atoms. The van der Waals surface area contributed by atoms with E-state index in [2.05, 4.69) is 34.2 Å². The second kappa shape index (κ2) is 7.48. The summed E-state index contributed by atoms with van der Waals surface area (Å²) in [5, 5.41) is 0. The number of carbonyl (C=O) groups is 1. The molecule has 1 saturated heterocycles. The number of benzene rings is 2. The van der Waals surface area contributed by atoms with E-state index in [0.717, 1.165) is 36.8 Å². The van der Waals surface area contributed by atoms with Gasteiger partial charge in [-0.2, -0.15) is 0 Å². The van der Waals surface area contributed by atoms with Crippen molar-refractivity contribution in [2.24, 2.45) is 0 Å². The summed E-state index contributed by atoms with van der Waals surface area (Å²) < 4.78 is 0. The predicted octanol–water partition coefficient (Wildman–Crippen LogP) is 3.88. The minimum Gasteiger partial charge on any atom is -0.336 e. The van der Waals surface area contributed by atoms with Crippen LogP contribution in [-0.4, -0.2) is 33.4 Å². The van der Waals surface area contributed by atoms with Crippen LogP contribution in [0, 0.1) is 0 Å². The zero-order valence-electron chi connectivity index (χ0n) is 14.6. The van der Waals surface area contributed by atoms with Crippen molar-refractivity contribution in [2.75, 3.05) is 6.54 Å². The van der Waals surface area contributed by atoms with Gasteiger partial charge in [0.05, 0.1) is 22.9 Å². The van der Waals surface area contributed by atoms with Crippen molar-refractivity contribution in [2.45, 2.75) is 25.3 Å². The van der Waals surface area contributed by atoms with E-state index in [1.807, 2.05) is 35.2 Å². The fraction of sp³-hybridized carbons (Fsp3) is 0.227. The summed E-state index contributed by atoms with van der Waals surface area (Å²) >= 11 is 0. The van der Waals surface area contributed by atoms with Gasteiger partial charge in [-0.25, -0.2) is 4.98 Å². The Hall–Kier alpha value is -3.01. The molecule has 3 aromatic rings. The minimum absolute atomic E-state index is 0.0541. The highest BCUT2D eigenvalue weighted by molar-refractivity contribution is 5.92. The Morgan fingerprint density at radius 3 is 2.69 bits per heavy atom. The van der Waals surface area contributed by atoms with Gasteiger partial charge in [0.15, 0.2) is 0 Å². The van der Waals surface area contributed by atoms with Gasteiger partial charge in [-0.15, -0.1) is 0 Å². The predicted molar refractivity (Wildman–Crippen MR) is 103 cm³/mol. The van der Waals surface area contributed by atoms with E-state index in [0.29, 0.717) is 5.69 Å². The second-order valence-electron chi connectivity index (χ2n) is 6.63. The maximum absolute atomic E-state index is 12.7. The van der Waals surface area contributed by atoms with Crippen molar-refractivity contribution in [3.8, 4) is 0 Å². The summed E-state index contributed by atoms with van der Waals surface area (Å²) in [5.74, 6) is 0.0541. The molecule has 2 heterocycles. The van der Waals surface area contributed by atoms with Gasteiger partial charge in [0.1, 0.15) is 0 Å². The largest absolute Gasteiger partial charge is 0.336 e. The molecule has 4 rings (SSSR count). The SMILES string of the molecule is O=C(/C=C/c1cnc2ccccc2n1)N1CCCC1Cc1ccccc1. The van der Waals surface area contributed by atoms with Crippen LogP contribution in [0.1, 0.15) is 24.1 Å². The van der Waals surface area contributed by atoms with E-state index in [1.54, 1.807) is 18.3 Å². The number of hydrogen-bond donors (Lipinski definition) is 0. The lowest BCUT2D eigenvalue weighted by atomic mass is 10.0. The van der Waals surface area contributed by atoms with E-state index in [9.17, 15) is 4.79 Å². The lowest BCUT2D eigenvalue weighted by molar-refractivity contribution is -0.126. The molecule has 1 unspecified atom stereocenters. The summed E-state index contributed by atoms with van der Waals surface area (Å²) in [4.78, 5) is 23.6. The maximum atomic E-state index is 12.7. The Bertz CT molecular complexity index is 936. The Kier molecular flexibility index (Phi) is 4.73. The Morgan fingerprint density at radius 1 is 1.08 bits per heavy atom. The molecule has 1 atom stereocenters. The number of amides is 1. The summed E-state index contributed by atoms with van der Waals surface area (Å²) in [6.07, 6.45) is 8.13. The van der Waals surface area contributed by atoms with E-state index < -0.39 is 0 Å². The van der Waals surface area contributed by atoms with Crippen molar-refractivity contribution in [3.05, 3.63) is 78.1 Å².